The van der Waals surface area contributed by atoms with Gasteiger partial charge in [-0.15, -0.1) is 0 Å². The SMILES string of the molecule is CCOc1cccc(N(CC(=O)Nc2ccc(Oc3ccccc3)cc2)S(C)(=O)=O)c1. The standard InChI is InChI=1S/C23H24N2O5S/c1-3-29-22-11-7-8-19(16-22)25(31(2,27)28)17-23(26)24-18-12-14-21(15-13-18)30-20-9-5-4-6-10-20/h4-16H,3,17H2,1-2H3,(H,24,26). The number of carbonyl (C=O) groups excluding carboxylic acids is 1. The molecule has 0 radical (unpaired) electrons. The fourth-order valence-electron chi connectivity index (χ4n) is 2.86. The van der Waals surface area contributed by atoms with Crippen LogP contribution in [0.15, 0.2) is 78.9 Å². The van der Waals surface area contributed by atoms with Crippen molar-refractivity contribution in [2.45, 2.75) is 6.92 Å². The molecular formula is C23H24N2O5S. The summed E-state index contributed by atoms with van der Waals surface area (Å²) in [5, 5.41) is 2.71. The van der Waals surface area contributed by atoms with Crippen LogP contribution >= 0.6 is 0 Å². The monoisotopic (exact) mass is 440 g/mol. The second kappa shape index (κ2) is 9.99. The summed E-state index contributed by atoms with van der Waals surface area (Å²) in [5.74, 6) is 1.39. The number of nitrogens with zero attached hydrogens (tertiary/aromatic N) is 1. The van der Waals surface area contributed by atoms with Gasteiger partial charge in [0, 0.05) is 11.8 Å². The molecule has 0 bridgehead atoms. The van der Waals surface area contributed by atoms with Gasteiger partial charge in [0.2, 0.25) is 15.9 Å². The Kier molecular flexibility index (Phi) is 7.15. The summed E-state index contributed by atoms with van der Waals surface area (Å²) in [6.45, 7) is 1.92. The van der Waals surface area contributed by atoms with Gasteiger partial charge in [-0.1, -0.05) is 24.3 Å². The van der Waals surface area contributed by atoms with Crippen LogP contribution < -0.4 is 19.1 Å². The molecule has 0 saturated carbocycles. The lowest BCUT2D eigenvalue weighted by atomic mass is 10.3. The van der Waals surface area contributed by atoms with Crippen LogP contribution in [0, 0.1) is 0 Å². The number of para-hydroxylation sites is 1. The molecule has 0 fully saturated rings. The molecular weight excluding hydrogens is 416 g/mol. The highest BCUT2D eigenvalue weighted by atomic mass is 32.2. The van der Waals surface area contributed by atoms with Gasteiger partial charge in [0.25, 0.3) is 0 Å². The maximum absolute atomic E-state index is 12.5. The van der Waals surface area contributed by atoms with Crippen molar-refractivity contribution in [2.75, 3.05) is 29.0 Å². The molecule has 0 saturated heterocycles. The fraction of sp³-hybridized carbons (Fsp3) is 0.174. The molecule has 1 N–H and O–H groups in total. The molecule has 3 aromatic rings. The highest BCUT2D eigenvalue weighted by molar-refractivity contribution is 7.92. The second-order valence-electron chi connectivity index (χ2n) is 6.69. The fourth-order valence-corrected chi connectivity index (χ4v) is 3.71. The first-order valence-electron chi connectivity index (χ1n) is 9.68. The van der Waals surface area contributed by atoms with E-state index in [2.05, 4.69) is 5.32 Å². The number of ether oxygens (including phenoxy) is 2. The summed E-state index contributed by atoms with van der Waals surface area (Å²) in [5.41, 5.74) is 0.886. The van der Waals surface area contributed by atoms with E-state index >= 15 is 0 Å². The van der Waals surface area contributed by atoms with Gasteiger partial charge in [-0.3, -0.25) is 9.10 Å². The molecule has 8 heteroatoms. The van der Waals surface area contributed by atoms with Gasteiger partial charge in [0.1, 0.15) is 23.8 Å². The number of benzene rings is 3. The summed E-state index contributed by atoms with van der Waals surface area (Å²) in [4.78, 5) is 12.5. The first-order valence-corrected chi connectivity index (χ1v) is 11.5. The van der Waals surface area contributed by atoms with E-state index in [4.69, 9.17) is 9.47 Å². The molecule has 31 heavy (non-hydrogen) atoms. The molecule has 7 nitrogen and oxygen atoms in total. The van der Waals surface area contributed by atoms with Crippen molar-refractivity contribution in [3.8, 4) is 17.2 Å². The summed E-state index contributed by atoms with van der Waals surface area (Å²) < 4.78 is 36.8. The largest absolute Gasteiger partial charge is 0.494 e. The van der Waals surface area contributed by atoms with E-state index in [1.165, 1.54) is 0 Å². The Bertz CT molecular complexity index is 1120. The van der Waals surface area contributed by atoms with Crippen LogP contribution in [-0.4, -0.2) is 33.7 Å². The van der Waals surface area contributed by atoms with Gasteiger partial charge in [-0.2, -0.15) is 0 Å². The van der Waals surface area contributed by atoms with E-state index < -0.39 is 15.9 Å². The van der Waals surface area contributed by atoms with Crippen molar-refractivity contribution in [1.29, 1.82) is 0 Å². The predicted octanol–water partition coefficient (Wildman–Crippen LogP) is 4.28. The first kappa shape index (κ1) is 22.2. The number of anilines is 2. The molecule has 0 aromatic heterocycles. The predicted molar refractivity (Wildman–Crippen MR) is 121 cm³/mol. The number of carbonyl (C=O) groups is 1. The van der Waals surface area contributed by atoms with Gasteiger partial charge < -0.3 is 14.8 Å². The average molecular weight is 441 g/mol. The van der Waals surface area contributed by atoms with Crippen molar-refractivity contribution in [1.82, 2.24) is 0 Å². The molecule has 0 heterocycles. The Balaban J connectivity index is 1.68. The van der Waals surface area contributed by atoms with Gasteiger partial charge in [-0.05, 0) is 55.5 Å². The van der Waals surface area contributed by atoms with Crippen LogP contribution in [0.5, 0.6) is 17.2 Å². The molecule has 0 aliphatic carbocycles. The van der Waals surface area contributed by atoms with E-state index in [1.807, 2.05) is 37.3 Å². The van der Waals surface area contributed by atoms with E-state index in [1.54, 1.807) is 48.5 Å². The van der Waals surface area contributed by atoms with Gasteiger partial charge in [0.15, 0.2) is 0 Å². The van der Waals surface area contributed by atoms with Gasteiger partial charge in [-0.25, -0.2) is 8.42 Å². The number of amides is 1. The molecule has 0 aliphatic heterocycles. The summed E-state index contributed by atoms with van der Waals surface area (Å²) >= 11 is 0. The maximum atomic E-state index is 12.5. The number of sulfonamides is 1. The molecule has 0 unspecified atom stereocenters. The van der Waals surface area contributed by atoms with Crippen LogP contribution in [0.4, 0.5) is 11.4 Å². The Morgan fingerprint density at radius 3 is 2.19 bits per heavy atom. The Labute approximate surface area is 182 Å². The first-order chi connectivity index (χ1) is 14.8. The van der Waals surface area contributed by atoms with Crippen molar-refractivity contribution in [3.63, 3.8) is 0 Å². The van der Waals surface area contributed by atoms with Crippen LogP contribution in [0.1, 0.15) is 6.92 Å². The summed E-state index contributed by atoms with van der Waals surface area (Å²) in [6.07, 6.45) is 1.06. The van der Waals surface area contributed by atoms with Crippen LogP contribution in [0.25, 0.3) is 0 Å². The molecule has 162 valence electrons. The number of rotatable bonds is 9. The lowest BCUT2D eigenvalue weighted by Gasteiger charge is -2.22. The van der Waals surface area contributed by atoms with Crippen molar-refractivity contribution >= 4 is 27.3 Å². The second-order valence-corrected chi connectivity index (χ2v) is 8.59. The van der Waals surface area contributed by atoms with E-state index in [0.717, 1.165) is 10.6 Å². The smallest absolute Gasteiger partial charge is 0.245 e. The lowest BCUT2D eigenvalue weighted by molar-refractivity contribution is -0.114. The van der Waals surface area contributed by atoms with E-state index in [-0.39, 0.29) is 6.54 Å². The van der Waals surface area contributed by atoms with Crippen LogP contribution in [0.3, 0.4) is 0 Å². The molecule has 0 atom stereocenters. The third-order valence-corrected chi connectivity index (χ3v) is 5.36. The molecule has 1 amide bonds. The summed E-state index contributed by atoms with van der Waals surface area (Å²) in [7, 11) is -3.68. The topological polar surface area (TPSA) is 84.9 Å². The molecule has 3 aromatic carbocycles. The zero-order chi connectivity index (χ0) is 22.3. The minimum atomic E-state index is -3.68. The lowest BCUT2D eigenvalue weighted by Crippen LogP contribution is -2.37. The minimum Gasteiger partial charge on any atom is -0.494 e. The molecule has 3 rings (SSSR count). The Hall–Kier alpha value is -3.52. The average Bonchev–Trinajstić information content (AvgIpc) is 2.74. The minimum absolute atomic E-state index is 0.357. The van der Waals surface area contributed by atoms with Gasteiger partial charge in [0.05, 0.1) is 18.6 Å². The highest BCUT2D eigenvalue weighted by Gasteiger charge is 2.21. The zero-order valence-corrected chi connectivity index (χ0v) is 18.1. The van der Waals surface area contributed by atoms with E-state index in [0.29, 0.717) is 35.2 Å². The third kappa shape index (κ3) is 6.48. The number of hydrogen-bond donors (Lipinski definition) is 1. The van der Waals surface area contributed by atoms with Crippen molar-refractivity contribution in [2.24, 2.45) is 0 Å². The van der Waals surface area contributed by atoms with Crippen molar-refractivity contribution < 1.29 is 22.7 Å². The van der Waals surface area contributed by atoms with Crippen LogP contribution in [-0.2, 0) is 14.8 Å². The van der Waals surface area contributed by atoms with Gasteiger partial charge >= 0.3 is 0 Å². The summed E-state index contributed by atoms with van der Waals surface area (Å²) in [6, 6.07) is 22.8. The van der Waals surface area contributed by atoms with Crippen LogP contribution in [0.2, 0.25) is 0 Å². The normalized spacial score (nSPS) is 10.9. The maximum Gasteiger partial charge on any atom is 0.245 e. The molecule has 0 spiro atoms. The van der Waals surface area contributed by atoms with E-state index in [9.17, 15) is 13.2 Å². The third-order valence-electron chi connectivity index (χ3n) is 4.22. The number of nitrogens with one attached hydrogen (secondary N) is 1. The Morgan fingerprint density at radius 1 is 0.903 bits per heavy atom. The molecule has 0 aliphatic rings. The zero-order valence-electron chi connectivity index (χ0n) is 17.3. The number of hydrogen-bond acceptors (Lipinski definition) is 5. The Morgan fingerprint density at radius 2 is 1.55 bits per heavy atom. The van der Waals surface area contributed by atoms with Crippen molar-refractivity contribution in [3.05, 3.63) is 78.9 Å². The quantitative estimate of drug-likeness (QED) is 0.537. The highest BCUT2D eigenvalue weighted by Crippen LogP contribution is 2.24.